The van der Waals surface area contributed by atoms with Crippen molar-refractivity contribution < 1.29 is 39.8 Å². The highest BCUT2D eigenvalue weighted by Crippen LogP contribution is 2.29. The van der Waals surface area contributed by atoms with Gasteiger partial charge in [-0.25, -0.2) is 35.7 Å². The Morgan fingerprint density at radius 1 is 1.25 bits per heavy atom. The molecule has 2 aromatic rings. The first-order valence-electron chi connectivity index (χ1n) is 10.3. The van der Waals surface area contributed by atoms with Crippen LogP contribution in [0.15, 0.2) is 29.4 Å². The highest BCUT2D eigenvalue weighted by Gasteiger charge is 2.37. The van der Waals surface area contributed by atoms with Crippen molar-refractivity contribution >= 4 is 37.6 Å². The summed E-state index contributed by atoms with van der Waals surface area (Å²) in [6.45, 7) is 5.68. The molecule has 1 aromatic heterocycles. The lowest BCUT2D eigenvalue weighted by molar-refractivity contribution is -0.147. The van der Waals surface area contributed by atoms with Gasteiger partial charge < -0.3 is 14.2 Å². The van der Waals surface area contributed by atoms with Crippen molar-refractivity contribution in [1.29, 1.82) is 0 Å². The topological polar surface area (TPSA) is 160 Å². The summed E-state index contributed by atoms with van der Waals surface area (Å²) in [4.78, 5) is 8.38. The molecule has 0 unspecified atom stereocenters. The van der Waals surface area contributed by atoms with Gasteiger partial charge in [0, 0.05) is 17.4 Å². The second-order valence-electron chi connectivity index (χ2n) is 8.27. The van der Waals surface area contributed by atoms with Gasteiger partial charge in [0.1, 0.15) is 18.0 Å². The number of sulfonamides is 2. The van der Waals surface area contributed by atoms with Gasteiger partial charge in [0.15, 0.2) is 22.6 Å². The number of hydrogen-bond acceptors (Lipinski definition) is 10. The molecule has 1 saturated heterocycles. The second kappa shape index (κ2) is 12.0. The van der Waals surface area contributed by atoms with E-state index in [1.807, 2.05) is 0 Å². The minimum Gasteiger partial charge on any atom is -0.472 e. The molecule has 1 aromatic carbocycles. The lowest BCUT2D eigenvalue weighted by atomic mass is 10.2. The molecule has 0 aliphatic carbocycles. The van der Waals surface area contributed by atoms with Gasteiger partial charge in [0.05, 0.1) is 19.1 Å². The lowest BCUT2D eigenvalue weighted by Gasteiger charge is -2.22. The van der Waals surface area contributed by atoms with Crippen molar-refractivity contribution in [1.82, 2.24) is 9.97 Å². The molecule has 0 radical (unpaired) electrons. The van der Waals surface area contributed by atoms with Crippen LogP contribution >= 0.6 is 11.8 Å². The summed E-state index contributed by atoms with van der Waals surface area (Å²) in [5, 5.41) is 4.45. The molecule has 0 spiro atoms. The molecular formula is C20H28F2N4O7S3. The quantitative estimate of drug-likeness (QED) is 0.356. The third-order valence-electron chi connectivity index (χ3n) is 4.22. The second-order valence-corrected chi connectivity index (χ2v) is 12.6. The molecule has 36 heavy (non-hydrogen) atoms. The molecule has 3 N–H and O–H groups in total. The van der Waals surface area contributed by atoms with Crippen molar-refractivity contribution in [3.8, 4) is 5.88 Å². The largest absolute Gasteiger partial charge is 0.472 e. The first-order valence-corrected chi connectivity index (χ1v) is 15.1. The Bertz CT molecular complexity index is 1270. The molecule has 16 heteroatoms. The normalized spacial score (nSPS) is 18.2. The first-order chi connectivity index (χ1) is 16.4. The third kappa shape index (κ3) is 10.9. The molecule has 11 nitrogen and oxygen atoms in total. The van der Waals surface area contributed by atoms with Crippen LogP contribution in [0.25, 0.3) is 0 Å². The average Bonchev–Trinajstić information content (AvgIpc) is 3.06. The van der Waals surface area contributed by atoms with Crippen LogP contribution < -0.4 is 14.6 Å². The number of nitrogens with two attached hydrogens (primary N) is 1. The van der Waals surface area contributed by atoms with Crippen LogP contribution in [0.5, 0.6) is 5.88 Å². The van der Waals surface area contributed by atoms with E-state index in [0.29, 0.717) is 6.61 Å². The summed E-state index contributed by atoms with van der Waals surface area (Å²) in [6, 6.07) is 5.21. The van der Waals surface area contributed by atoms with E-state index >= 15 is 0 Å². The van der Waals surface area contributed by atoms with E-state index in [9.17, 15) is 25.6 Å². The summed E-state index contributed by atoms with van der Waals surface area (Å²) < 4.78 is 88.9. The molecule has 2 atom stereocenters. The maximum Gasteiger partial charge on any atom is 0.230 e. The first kappa shape index (κ1) is 30.1. The summed E-state index contributed by atoms with van der Waals surface area (Å²) in [7, 11) is -6.78. The number of anilines is 1. The van der Waals surface area contributed by atoms with Gasteiger partial charge >= 0.3 is 0 Å². The van der Waals surface area contributed by atoms with Crippen LogP contribution in [0.4, 0.5) is 14.6 Å². The maximum absolute atomic E-state index is 13.9. The number of rotatable bonds is 8. The Labute approximate surface area is 213 Å². The molecule has 1 aliphatic heterocycles. The Hall–Kier alpha value is -2.11. The SMILES string of the molecule is CS(N)(=O)=O.C[C@@H](Oc1cc(NS(C)(=O)=O)nc(SCc2cccc(F)c2F)n1)[C@H]1COC(C)(C)O1. The Kier molecular flexibility index (Phi) is 10.0. The number of ether oxygens (including phenoxy) is 3. The van der Waals surface area contributed by atoms with Crippen molar-refractivity contribution in [3.05, 3.63) is 41.5 Å². The average molecular weight is 571 g/mol. The molecule has 202 valence electrons. The van der Waals surface area contributed by atoms with Crippen molar-refractivity contribution in [2.24, 2.45) is 5.14 Å². The van der Waals surface area contributed by atoms with Crippen LogP contribution in [0.3, 0.4) is 0 Å². The number of benzene rings is 1. The fraction of sp³-hybridized carbons (Fsp3) is 0.500. The maximum atomic E-state index is 13.9. The van der Waals surface area contributed by atoms with E-state index in [1.165, 1.54) is 18.2 Å². The molecule has 0 saturated carbocycles. The number of thioether (sulfide) groups is 1. The minimum atomic E-state index is -3.61. The van der Waals surface area contributed by atoms with E-state index < -0.39 is 43.6 Å². The van der Waals surface area contributed by atoms with Gasteiger partial charge in [-0.2, -0.15) is 4.98 Å². The highest BCUT2D eigenvalue weighted by molar-refractivity contribution is 7.98. The summed E-state index contributed by atoms with van der Waals surface area (Å²) in [6.07, 6.45) is 1.11. The van der Waals surface area contributed by atoms with Gasteiger partial charge in [-0.1, -0.05) is 23.9 Å². The minimum absolute atomic E-state index is 0.00849. The van der Waals surface area contributed by atoms with Crippen LogP contribution in [-0.2, 0) is 35.3 Å². The molecule has 2 heterocycles. The summed E-state index contributed by atoms with van der Waals surface area (Å²) in [5.41, 5.74) is 0.129. The van der Waals surface area contributed by atoms with E-state index in [2.05, 4.69) is 19.8 Å². The van der Waals surface area contributed by atoms with Crippen LogP contribution in [0, 0.1) is 11.6 Å². The zero-order valence-corrected chi connectivity index (χ0v) is 22.6. The van der Waals surface area contributed by atoms with Crippen molar-refractivity contribution in [3.63, 3.8) is 0 Å². The number of halogens is 2. The van der Waals surface area contributed by atoms with Gasteiger partial charge in [-0.3, -0.25) is 4.72 Å². The predicted octanol–water partition coefficient (Wildman–Crippen LogP) is 2.24. The molecule has 3 rings (SSSR count). The fourth-order valence-corrected chi connectivity index (χ4v) is 4.10. The number of aromatic nitrogens is 2. The molecule has 1 aliphatic rings. The monoisotopic (exact) mass is 570 g/mol. The standard InChI is InChI=1S/C19H23F2N3O5S2.CH5NO2S/c1-11(14-9-27-19(2,3)29-14)28-16-8-15(24-31(4,25)26)22-18(23-16)30-10-12-6-5-7-13(20)17(12)21;1-5(2,3)4/h5-8,11,14H,9-10H2,1-4H3,(H,22,23,24);1H3,(H2,2,3,4)/t11-,14-;/m1./s1. The zero-order chi connectivity index (χ0) is 27.3. The lowest BCUT2D eigenvalue weighted by Crippen LogP contribution is -2.33. The number of nitrogens with zero attached hydrogens (tertiary/aromatic N) is 2. The van der Waals surface area contributed by atoms with E-state index in [-0.39, 0.29) is 34.3 Å². The van der Waals surface area contributed by atoms with E-state index in [4.69, 9.17) is 14.2 Å². The fourth-order valence-electron chi connectivity index (χ4n) is 2.79. The van der Waals surface area contributed by atoms with Crippen molar-refractivity contribution in [2.45, 2.75) is 49.7 Å². The Balaban J connectivity index is 0.000000830. The summed E-state index contributed by atoms with van der Waals surface area (Å²) in [5.74, 6) is -2.51. The van der Waals surface area contributed by atoms with Crippen LogP contribution in [0.1, 0.15) is 26.3 Å². The molecule has 0 bridgehead atoms. The highest BCUT2D eigenvalue weighted by atomic mass is 32.2. The smallest absolute Gasteiger partial charge is 0.230 e. The molecule has 0 amide bonds. The number of nitrogens with one attached hydrogen (secondary N) is 1. The van der Waals surface area contributed by atoms with Gasteiger partial charge in [0.25, 0.3) is 0 Å². The van der Waals surface area contributed by atoms with Gasteiger partial charge in [-0.05, 0) is 26.8 Å². The van der Waals surface area contributed by atoms with Crippen molar-refractivity contribution in [2.75, 3.05) is 23.8 Å². The Morgan fingerprint density at radius 2 is 1.89 bits per heavy atom. The molecular weight excluding hydrogens is 542 g/mol. The Morgan fingerprint density at radius 3 is 2.44 bits per heavy atom. The van der Waals surface area contributed by atoms with Crippen LogP contribution in [0.2, 0.25) is 0 Å². The van der Waals surface area contributed by atoms with Crippen LogP contribution in [-0.4, -0.2) is 63.9 Å². The predicted molar refractivity (Wildman–Crippen MR) is 130 cm³/mol. The van der Waals surface area contributed by atoms with Gasteiger partial charge in [0.2, 0.25) is 25.9 Å². The number of hydrogen-bond donors (Lipinski definition) is 2. The zero-order valence-electron chi connectivity index (χ0n) is 20.2. The van der Waals surface area contributed by atoms with E-state index in [0.717, 1.165) is 30.3 Å². The van der Waals surface area contributed by atoms with Gasteiger partial charge in [-0.15, -0.1) is 0 Å². The third-order valence-corrected chi connectivity index (χ3v) is 5.70. The number of primary sulfonamides is 1. The van der Waals surface area contributed by atoms with E-state index in [1.54, 1.807) is 20.8 Å². The summed E-state index contributed by atoms with van der Waals surface area (Å²) >= 11 is 1.01. The molecule has 1 fully saturated rings.